The highest BCUT2D eigenvalue weighted by Crippen LogP contribution is 2.47. The smallest absolute Gasteiger partial charge is 0.243 e. The molecule has 1 saturated carbocycles. The molecule has 1 fully saturated rings. The highest BCUT2D eigenvalue weighted by atomic mass is 16.2. The predicted octanol–water partition coefficient (Wildman–Crippen LogP) is 1.71. The minimum Gasteiger partial charge on any atom is -0.347 e. The van der Waals surface area contributed by atoms with Crippen molar-refractivity contribution < 1.29 is 9.59 Å². The van der Waals surface area contributed by atoms with Crippen molar-refractivity contribution in [2.24, 2.45) is 5.92 Å². The van der Waals surface area contributed by atoms with Gasteiger partial charge < -0.3 is 10.2 Å². The summed E-state index contributed by atoms with van der Waals surface area (Å²) in [6.07, 6.45) is 4.13. The molecule has 1 aromatic heterocycles. The molecule has 23 heavy (non-hydrogen) atoms. The van der Waals surface area contributed by atoms with Gasteiger partial charge in [-0.1, -0.05) is 30.3 Å². The molecule has 1 aliphatic carbocycles. The Balaban J connectivity index is 1.55. The first kappa shape index (κ1) is 15.3. The Hall–Kier alpha value is -2.63. The molecule has 3 rings (SSSR count). The van der Waals surface area contributed by atoms with Gasteiger partial charge in [-0.2, -0.15) is 5.10 Å². The molecule has 120 valence electrons. The van der Waals surface area contributed by atoms with Crippen LogP contribution in [0.4, 0.5) is 5.69 Å². The van der Waals surface area contributed by atoms with Gasteiger partial charge in [-0.05, 0) is 17.9 Å². The maximum Gasteiger partial charge on any atom is 0.243 e. The van der Waals surface area contributed by atoms with E-state index in [1.165, 1.54) is 15.1 Å². The number of hydrogen-bond donors (Lipinski definition) is 1. The summed E-state index contributed by atoms with van der Waals surface area (Å²) in [5, 5.41) is 6.98. The SMILES string of the molecule is CN(C)C(=O)Cn1cc(NC(=O)[C@H]2C[C@H]2c2ccccc2)cn1. The standard InChI is InChI=1S/C17H20N4O2/c1-20(2)16(22)11-21-10-13(9-18-21)19-17(23)15-8-14(15)12-6-4-3-5-7-12/h3-7,9-10,14-15H,8,11H2,1-2H3,(H,19,23)/t14-,15-/m0/s1. The van der Waals surface area contributed by atoms with Gasteiger partial charge in [-0.3, -0.25) is 14.3 Å². The number of carbonyl (C=O) groups is 2. The van der Waals surface area contributed by atoms with Crippen molar-refractivity contribution in [2.75, 3.05) is 19.4 Å². The van der Waals surface area contributed by atoms with Crippen LogP contribution in [0.3, 0.4) is 0 Å². The molecular weight excluding hydrogens is 292 g/mol. The predicted molar refractivity (Wildman–Crippen MR) is 86.8 cm³/mol. The van der Waals surface area contributed by atoms with Crippen molar-refractivity contribution in [2.45, 2.75) is 18.9 Å². The summed E-state index contributed by atoms with van der Waals surface area (Å²) in [6.45, 7) is 0.166. The molecule has 0 bridgehead atoms. The number of nitrogens with one attached hydrogen (secondary N) is 1. The number of benzene rings is 1. The molecular formula is C17H20N4O2. The second-order valence-electron chi connectivity index (χ2n) is 6.06. The van der Waals surface area contributed by atoms with Gasteiger partial charge >= 0.3 is 0 Å². The molecule has 0 saturated heterocycles. The fourth-order valence-corrected chi connectivity index (χ4v) is 2.58. The minimum atomic E-state index is -0.0442. The van der Waals surface area contributed by atoms with Crippen molar-refractivity contribution in [3.8, 4) is 0 Å². The Bertz CT molecular complexity index is 708. The Morgan fingerprint density at radius 1 is 1.30 bits per heavy atom. The van der Waals surface area contributed by atoms with Gasteiger partial charge in [0, 0.05) is 26.2 Å². The van der Waals surface area contributed by atoms with Crippen LogP contribution in [0.5, 0.6) is 0 Å². The van der Waals surface area contributed by atoms with Crippen LogP contribution < -0.4 is 5.32 Å². The van der Waals surface area contributed by atoms with Crippen molar-refractivity contribution in [1.29, 1.82) is 0 Å². The zero-order valence-electron chi connectivity index (χ0n) is 13.3. The van der Waals surface area contributed by atoms with E-state index in [0.29, 0.717) is 11.6 Å². The maximum absolute atomic E-state index is 12.3. The van der Waals surface area contributed by atoms with Crippen LogP contribution in [-0.4, -0.2) is 40.6 Å². The third-order valence-corrected chi connectivity index (χ3v) is 4.05. The van der Waals surface area contributed by atoms with E-state index in [9.17, 15) is 9.59 Å². The Labute approximate surface area is 135 Å². The third-order valence-electron chi connectivity index (χ3n) is 4.05. The number of hydrogen-bond acceptors (Lipinski definition) is 3. The Kier molecular flexibility index (Phi) is 4.14. The van der Waals surface area contributed by atoms with E-state index in [4.69, 9.17) is 0 Å². The highest BCUT2D eigenvalue weighted by molar-refractivity contribution is 5.95. The maximum atomic E-state index is 12.3. The highest BCUT2D eigenvalue weighted by Gasteiger charge is 2.43. The molecule has 1 heterocycles. The zero-order chi connectivity index (χ0) is 16.4. The number of anilines is 1. The molecule has 2 atom stereocenters. The van der Waals surface area contributed by atoms with E-state index in [2.05, 4.69) is 22.5 Å². The monoisotopic (exact) mass is 312 g/mol. The second-order valence-corrected chi connectivity index (χ2v) is 6.06. The van der Waals surface area contributed by atoms with Crippen LogP contribution in [0.2, 0.25) is 0 Å². The number of likely N-dealkylation sites (N-methyl/N-ethyl adjacent to an activating group) is 1. The Morgan fingerprint density at radius 3 is 2.74 bits per heavy atom. The van der Waals surface area contributed by atoms with Gasteiger partial charge in [0.1, 0.15) is 6.54 Å². The lowest BCUT2D eigenvalue weighted by Gasteiger charge is -2.09. The van der Waals surface area contributed by atoms with Crippen LogP contribution in [0.25, 0.3) is 0 Å². The minimum absolute atomic E-state index is 0.0114. The van der Waals surface area contributed by atoms with Crippen molar-refractivity contribution >= 4 is 17.5 Å². The number of carbonyl (C=O) groups excluding carboxylic acids is 2. The number of aromatic nitrogens is 2. The molecule has 2 amide bonds. The van der Waals surface area contributed by atoms with E-state index in [0.717, 1.165) is 6.42 Å². The first-order valence-electron chi connectivity index (χ1n) is 7.63. The van der Waals surface area contributed by atoms with Crippen LogP contribution >= 0.6 is 0 Å². The van der Waals surface area contributed by atoms with Crippen molar-refractivity contribution in [3.63, 3.8) is 0 Å². The Morgan fingerprint density at radius 2 is 2.04 bits per heavy atom. The van der Waals surface area contributed by atoms with Crippen LogP contribution in [0, 0.1) is 5.92 Å². The van der Waals surface area contributed by atoms with E-state index in [1.54, 1.807) is 26.5 Å². The summed E-state index contributed by atoms with van der Waals surface area (Å²) in [7, 11) is 3.40. The first-order valence-corrected chi connectivity index (χ1v) is 7.63. The van der Waals surface area contributed by atoms with Gasteiger partial charge in [0.25, 0.3) is 0 Å². The summed E-state index contributed by atoms with van der Waals surface area (Å²) in [5.41, 5.74) is 1.83. The summed E-state index contributed by atoms with van der Waals surface area (Å²) in [4.78, 5) is 25.4. The fourth-order valence-electron chi connectivity index (χ4n) is 2.58. The second kappa shape index (κ2) is 6.24. The summed E-state index contributed by atoms with van der Waals surface area (Å²) in [5.74, 6) is 0.292. The molecule has 6 heteroatoms. The molecule has 0 spiro atoms. The number of amides is 2. The largest absolute Gasteiger partial charge is 0.347 e. The lowest BCUT2D eigenvalue weighted by molar-refractivity contribution is -0.129. The van der Waals surface area contributed by atoms with Gasteiger partial charge in [-0.15, -0.1) is 0 Å². The van der Waals surface area contributed by atoms with E-state index >= 15 is 0 Å². The normalized spacial score (nSPS) is 19.2. The van der Waals surface area contributed by atoms with Gasteiger partial charge in [0.15, 0.2) is 0 Å². The third kappa shape index (κ3) is 3.59. The van der Waals surface area contributed by atoms with Crippen LogP contribution in [0.15, 0.2) is 42.7 Å². The molecule has 6 nitrogen and oxygen atoms in total. The number of nitrogens with zero attached hydrogens (tertiary/aromatic N) is 3. The molecule has 1 aliphatic rings. The molecule has 1 N–H and O–H groups in total. The van der Waals surface area contributed by atoms with Crippen LogP contribution in [0.1, 0.15) is 17.9 Å². The lowest BCUT2D eigenvalue weighted by Crippen LogP contribution is -2.26. The van der Waals surface area contributed by atoms with Gasteiger partial charge in [0.05, 0.1) is 11.9 Å². The van der Waals surface area contributed by atoms with Crippen LogP contribution in [-0.2, 0) is 16.1 Å². The molecule has 0 radical (unpaired) electrons. The average Bonchev–Trinajstić information content (AvgIpc) is 3.23. The zero-order valence-corrected chi connectivity index (χ0v) is 13.3. The topological polar surface area (TPSA) is 67.2 Å². The molecule has 2 aromatic rings. The molecule has 0 unspecified atom stereocenters. The lowest BCUT2D eigenvalue weighted by atomic mass is 10.1. The van der Waals surface area contributed by atoms with E-state index < -0.39 is 0 Å². The average molecular weight is 312 g/mol. The first-order chi connectivity index (χ1) is 11.0. The summed E-state index contributed by atoms with van der Waals surface area (Å²) in [6, 6.07) is 10.1. The van der Waals surface area contributed by atoms with Crippen molar-refractivity contribution in [1.82, 2.24) is 14.7 Å². The molecule has 0 aliphatic heterocycles. The van der Waals surface area contributed by atoms with Gasteiger partial charge in [-0.25, -0.2) is 0 Å². The van der Waals surface area contributed by atoms with Crippen molar-refractivity contribution in [3.05, 3.63) is 48.3 Å². The number of rotatable bonds is 5. The fraction of sp³-hybridized carbons (Fsp3) is 0.353. The quantitative estimate of drug-likeness (QED) is 0.914. The van der Waals surface area contributed by atoms with E-state index in [1.807, 2.05) is 18.2 Å². The van der Waals surface area contributed by atoms with Gasteiger partial charge in [0.2, 0.25) is 11.8 Å². The molecule has 1 aromatic carbocycles. The van der Waals surface area contributed by atoms with E-state index in [-0.39, 0.29) is 24.3 Å². The summed E-state index contributed by atoms with van der Waals surface area (Å²) >= 11 is 0. The summed E-state index contributed by atoms with van der Waals surface area (Å²) < 4.78 is 1.53.